The van der Waals surface area contributed by atoms with Gasteiger partial charge in [0.2, 0.25) is 5.91 Å². The number of benzene rings is 2. The Hall–Kier alpha value is -3.24. The topological polar surface area (TPSA) is 118 Å². The van der Waals surface area contributed by atoms with Crippen molar-refractivity contribution >= 4 is 38.6 Å². The molecule has 0 radical (unpaired) electrons. The van der Waals surface area contributed by atoms with Crippen molar-refractivity contribution in [1.29, 1.82) is 0 Å². The molecule has 0 saturated heterocycles. The summed E-state index contributed by atoms with van der Waals surface area (Å²) in [4.78, 5) is 22.3. The third-order valence-electron chi connectivity index (χ3n) is 3.97. The predicted octanol–water partition coefficient (Wildman–Crippen LogP) is 3.32. The number of hydrogen-bond donors (Lipinski definition) is 2. The van der Waals surface area contributed by atoms with Crippen molar-refractivity contribution in [1.82, 2.24) is 5.32 Å². The monoisotopic (exact) mass is 431 g/mol. The highest BCUT2D eigenvalue weighted by molar-refractivity contribution is 7.94. The first kappa shape index (κ1) is 20.5. The minimum absolute atomic E-state index is 0.00475. The summed E-state index contributed by atoms with van der Waals surface area (Å²) in [5.74, 6) is -0.213. The summed E-state index contributed by atoms with van der Waals surface area (Å²) in [6, 6.07) is 15.7. The number of nitro benzene ring substituents is 1. The van der Waals surface area contributed by atoms with Gasteiger partial charge in [0.15, 0.2) is 0 Å². The fourth-order valence-electron chi connectivity index (χ4n) is 2.50. The maximum Gasteiger partial charge on any atom is 0.271 e. The van der Waals surface area contributed by atoms with Crippen LogP contribution in [-0.4, -0.2) is 19.2 Å². The number of rotatable bonds is 8. The lowest BCUT2D eigenvalue weighted by Gasteiger charge is -2.08. The molecule has 0 aliphatic heterocycles. The van der Waals surface area contributed by atoms with Crippen LogP contribution in [0.3, 0.4) is 0 Å². The van der Waals surface area contributed by atoms with Gasteiger partial charge in [0.25, 0.3) is 15.7 Å². The van der Waals surface area contributed by atoms with Gasteiger partial charge in [-0.1, -0.05) is 30.3 Å². The van der Waals surface area contributed by atoms with Crippen LogP contribution in [0.25, 0.3) is 0 Å². The second-order valence-corrected chi connectivity index (χ2v) is 8.97. The van der Waals surface area contributed by atoms with Gasteiger partial charge in [-0.15, -0.1) is 11.3 Å². The second kappa shape index (κ2) is 8.84. The number of sulfonamides is 1. The van der Waals surface area contributed by atoms with Crippen molar-refractivity contribution in [3.05, 3.63) is 87.3 Å². The standard InChI is InChI=1S/C19H17N3O5S2/c23-18(20-13-15-5-9-17(10-6-15)22(24)25)12-14-3-7-16(8-4-14)21-29(26,27)19-2-1-11-28-19/h1-11,21H,12-13H2,(H,20,23). The molecule has 3 rings (SSSR count). The smallest absolute Gasteiger partial charge is 0.271 e. The molecule has 0 aliphatic carbocycles. The average Bonchev–Trinajstić information content (AvgIpc) is 3.24. The molecule has 1 amide bonds. The third kappa shape index (κ3) is 5.62. The van der Waals surface area contributed by atoms with Gasteiger partial charge in [0.1, 0.15) is 4.21 Å². The molecule has 0 atom stereocenters. The predicted molar refractivity (Wildman–Crippen MR) is 110 cm³/mol. The maximum atomic E-state index is 12.2. The van der Waals surface area contributed by atoms with Gasteiger partial charge >= 0.3 is 0 Å². The van der Waals surface area contributed by atoms with Crippen molar-refractivity contribution in [2.75, 3.05) is 4.72 Å². The summed E-state index contributed by atoms with van der Waals surface area (Å²) in [5, 5.41) is 15.1. The Morgan fingerprint density at radius 3 is 2.24 bits per heavy atom. The average molecular weight is 431 g/mol. The lowest BCUT2D eigenvalue weighted by atomic mass is 10.1. The molecule has 0 aliphatic rings. The number of carbonyl (C=O) groups excluding carboxylic acids is 1. The van der Waals surface area contributed by atoms with E-state index >= 15 is 0 Å². The third-order valence-corrected chi connectivity index (χ3v) is 6.75. The van der Waals surface area contributed by atoms with Crippen LogP contribution in [0, 0.1) is 10.1 Å². The Morgan fingerprint density at radius 1 is 1.00 bits per heavy atom. The fraction of sp³-hybridized carbons (Fsp3) is 0.105. The minimum atomic E-state index is -3.61. The zero-order chi connectivity index (χ0) is 20.9. The van der Waals surface area contributed by atoms with Crippen LogP contribution in [0.5, 0.6) is 0 Å². The van der Waals surface area contributed by atoms with Gasteiger partial charge < -0.3 is 5.32 Å². The molecule has 2 N–H and O–H groups in total. The van der Waals surface area contributed by atoms with E-state index in [4.69, 9.17) is 0 Å². The molecular weight excluding hydrogens is 414 g/mol. The highest BCUT2D eigenvalue weighted by Gasteiger charge is 2.15. The minimum Gasteiger partial charge on any atom is -0.352 e. The van der Waals surface area contributed by atoms with Crippen molar-refractivity contribution in [3.8, 4) is 0 Å². The number of nitro groups is 1. The lowest BCUT2D eigenvalue weighted by molar-refractivity contribution is -0.384. The molecule has 8 nitrogen and oxygen atoms in total. The van der Waals surface area contributed by atoms with E-state index in [1.165, 1.54) is 18.2 Å². The number of hydrogen-bond acceptors (Lipinski definition) is 6. The Labute approximate surface area is 171 Å². The van der Waals surface area contributed by atoms with Gasteiger partial charge in [0, 0.05) is 24.4 Å². The summed E-state index contributed by atoms with van der Waals surface area (Å²) in [5.41, 5.74) is 1.89. The summed E-state index contributed by atoms with van der Waals surface area (Å²) in [6.07, 6.45) is 0.130. The quantitative estimate of drug-likeness (QED) is 0.419. The molecule has 0 unspecified atom stereocenters. The summed E-state index contributed by atoms with van der Waals surface area (Å²) in [6.45, 7) is 0.259. The Kier molecular flexibility index (Phi) is 6.25. The maximum absolute atomic E-state index is 12.2. The first-order chi connectivity index (χ1) is 13.8. The molecule has 1 heterocycles. The Bertz CT molecular complexity index is 1090. The van der Waals surface area contributed by atoms with E-state index in [1.54, 1.807) is 47.8 Å². The molecule has 0 fully saturated rings. The SMILES string of the molecule is O=C(Cc1ccc(NS(=O)(=O)c2cccs2)cc1)NCc1ccc([N+](=O)[O-])cc1. The van der Waals surface area contributed by atoms with Crippen molar-refractivity contribution in [3.63, 3.8) is 0 Å². The first-order valence-electron chi connectivity index (χ1n) is 8.49. The van der Waals surface area contributed by atoms with Crippen LogP contribution >= 0.6 is 11.3 Å². The first-order valence-corrected chi connectivity index (χ1v) is 10.8. The molecule has 0 saturated carbocycles. The van der Waals surface area contributed by atoms with Gasteiger partial charge in [-0.3, -0.25) is 19.6 Å². The largest absolute Gasteiger partial charge is 0.352 e. The van der Waals surface area contributed by atoms with Crippen LogP contribution in [0.1, 0.15) is 11.1 Å². The van der Waals surface area contributed by atoms with Crippen LogP contribution < -0.4 is 10.0 Å². The fourth-order valence-corrected chi connectivity index (χ4v) is 4.55. The van der Waals surface area contributed by atoms with E-state index in [-0.39, 0.29) is 28.8 Å². The summed E-state index contributed by atoms with van der Waals surface area (Å²) < 4.78 is 27.1. The van der Waals surface area contributed by atoms with Crippen LogP contribution in [0.4, 0.5) is 11.4 Å². The van der Waals surface area contributed by atoms with Crippen molar-refractivity contribution in [2.45, 2.75) is 17.2 Å². The van der Waals surface area contributed by atoms with E-state index in [9.17, 15) is 23.3 Å². The number of thiophene rings is 1. The zero-order valence-corrected chi connectivity index (χ0v) is 16.7. The molecule has 0 bridgehead atoms. The van der Waals surface area contributed by atoms with E-state index in [0.29, 0.717) is 5.69 Å². The molecule has 150 valence electrons. The molecule has 3 aromatic rings. The molecule has 10 heteroatoms. The van der Waals surface area contributed by atoms with E-state index in [2.05, 4.69) is 10.0 Å². The Balaban J connectivity index is 1.52. The number of amides is 1. The van der Waals surface area contributed by atoms with E-state index in [1.807, 2.05) is 0 Å². The molecule has 29 heavy (non-hydrogen) atoms. The van der Waals surface area contributed by atoms with Crippen LogP contribution in [0.2, 0.25) is 0 Å². The molecule has 0 spiro atoms. The highest BCUT2D eigenvalue weighted by atomic mass is 32.2. The zero-order valence-electron chi connectivity index (χ0n) is 15.1. The molecule has 1 aromatic heterocycles. The van der Waals surface area contributed by atoms with Gasteiger partial charge in [0.05, 0.1) is 11.3 Å². The number of anilines is 1. The van der Waals surface area contributed by atoms with E-state index in [0.717, 1.165) is 22.5 Å². The van der Waals surface area contributed by atoms with Gasteiger partial charge in [-0.05, 0) is 34.7 Å². The van der Waals surface area contributed by atoms with Crippen molar-refractivity contribution in [2.24, 2.45) is 0 Å². The number of non-ortho nitro benzene ring substituents is 1. The number of nitrogens with one attached hydrogen (secondary N) is 2. The highest BCUT2D eigenvalue weighted by Crippen LogP contribution is 2.20. The summed E-state index contributed by atoms with van der Waals surface area (Å²) >= 11 is 1.13. The molecular formula is C19H17N3O5S2. The van der Waals surface area contributed by atoms with Gasteiger partial charge in [-0.2, -0.15) is 0 Å². The normalized spacial score (nSPS) is 11.0. The van der Waals surface area contributed by atoms with Crippen LogP contribution in [0.15, 0.2) is 70.3 Å². The van der Waals surface area contributed by atoms with Crippen LogP contribution in [-0.2, 0) is 27.8 Å². The van der Waals surface area contributed by atoms with Gasteiger partial charge in [-0.25, -0.2) is 8.42 Å². The number of nitrogens with zero attached hydrogens (tertiary/aromatic N) is 1. The summed E-state index contributed by atoms with van der Waals surface area (Å²) in [7, 11) is -3.61. The molecule has 2 aromatic carbocycles. The Morgan fingerprint density at radius 2 is 1.66 bits per heavy atom. The lowest BCUT2D eigenvalue weighted by Crippen LogP contribution is -2.24. The number of carbonyl (C=O) groups is 1. The van der Waals surface area contributed by atoms with E-state index < -0.39 is 14.9 Å². The second-order valence-electron chi connectivity index (χ2n) is 6.11. The van der Waals surface area contributed by atoms with Crippen molar-refractivity contribution < 1.29 is 18.1 Å².